The van der Waals surface area contributed by atoms with Gasteiger partial charge in [-0.2, -0.15) is 0 Å². The minimum atomic E-state index is 0.182. The normalized spacial score (nSPS) is 12.6. The molecule has 0 rings (SSSR count). The fourth-order valence-electron chi connectivity index (χ4n) is 2.82. The molecule has 0 bridgehead atoms. The minimum absolute atomic E-state index is 0.182. The van der Waals surface area contributed by atoms with Gasteiger partial charge in [0.05, 0.1) is 52.4 Å². The van der Waals surface area contributed by atoms with Crippen molar-refractivity contribution in [3.8, 4) is 0 Å². The summed E-state index contributed by atoms with van der Waals surface area (Å²) < 4.78 is 22.2. The van der Waals surface area contributed by atoms with E-state index in [2.05, 4.69) is 18.7 Å². The molecule has 0 amide bonds. The molecule has 6 nitrogen and oxygen atoms in total. The Labute approximate surface area is 166 Å². The van der Waals surface area contributed by atoms with Gasteiger partial charge in [-0.25, -0.2) is 4.89 Å². The molecule has 0 saturated carbocycles. The highest BCUT2D eigenvalue weighted by Crippen LogP contribution is 2.15. The highest BCUT2D eigenvalue weighted by molar-refractivity contribution is 4.60. The summed E-state index contributed by atoms with van der Waals surface area (Å²) in [6.07, 6.45) is 13.1. The zero-order chi connectivity index (χ0) is 19.8. The molecule has 0 saturated heterocycles. The van der Waals surface area contributed by atoms with E-state index in [-0.39, 0.29) is 6.61 Å². The molecule has 164 valence electrons. The number of hydrogen-bond acceptors (Lipinski definition) is 6. The van der Waals surface area contributed by atoms with Crippen molar-refractivity contribution in [2.45, 2.75) is 84.2 Å². The van der Waals surface area contributed by atoms with Crippen LogP contribution in [0.5, 0.6) is 0 Å². The van der Waals surface area contributed by atoms with Gasteiger partial charge < -0.3 is 18.9 Å². The van der Waals surface area contributed by atoms with E-state index in [9.17, 15) is 0 Å². The lowest BCUT2D eigenvalue weighted by molar-refractivity contribution is -0.249. The highest BCUT2D eigenvalue weighted by atomic mass is 17.1. The van der Waals surface area contributed by atoms with Gasteiger partial charge in [-0.05, 0) is 12.8 Å². The molecule has 27 heavy (non-hydrogen) atoms. The fraction of sp³-hybridized carbons (Fsp3) is 1.00. The third-order valence-electron chi connectivity index (χ3n) is 4.40. The van der Waals surface area contributed by atoms with Crippen molar-refractivity contribution in [1.29, 1.82) is 0 Å². The molecule has 0 aliphatic rings. The Bertz CT molecular complexity index is 265. The lowest BCUT2D eigenvalue weighted by Gasteiger charge is -2.18. The van der Waals surface area contributed by atoms with Crippen LogP contribution in [0, 0.1) is 0 Å². The second-order valence-corrected chi connectivity index (χ2v) is 6.86. The SMILES string of the molecule is CCCCCCCC(CCCCC)OCCOCCOCCOCCOO. The highest BCUT2D eigenvalue weighted by Gasteiger charge is 2.08. The van der Waals surface area contributed by atoms with Crippen LogP contribution < -0.4 is 0 Å². The van der Waals surface area contributed by atoms with Gasteiger partial charge in [0, 0.05) is 0 Å². The first kappa shape index (κ1) is 26.8. The van der Waals surface area contributed by atoms with E-state index in [1.165, 1.54) is 64.2 Å². The molecular weight excluding hydrogens is 348 g/mol. The van der Waals surface area contributed by atoms with E-state index in [1.807, 2.05) is 0 Å². The molecule has 0 aliphatic carbocycles. The van der Waals surface area contributed by atoms with Crippen molar-refractivity contribution in [3.63, 3.8) is 0 Å². The van der Waals surface area contributed by atoms with Crippen LogP contribution in [-0.4, -0.2) is 64.2 Å². The van der Waals surface area contributed by atoms with Gasteiger partial charge in [0.25, 0.3) is 0 Å². The predicted octanol–water partition coefficient (Wildman–Crippen LogP) is 4.85. The van der Waals surface area contributed by atoms with E-state index in [1.54, 1.807) is 0 Å². The molecule has 1 N–H and O–H groups in total. The Kier molecular flexibility index (Phi) is 23.6. The van der Waals surface area contributed by atoms with E-state index in [0.29, 0.717) is 52.4 Å². The fourth-order valence-corrected chi connectivity index (χ4v) is 2.82. The Morgan fingerprint density at radius 3 is 1.56 bits per heavy atom. The molecule has 1 unspecified atom stereocenters. The first-order valence-electron chi connectivity index (χ1n) is 11.0. The summed E-state index contributed by atoms with van der Waals surface area (Å²) in [7, 11) is 0. The maximum Gasteiger partial charge on any atom is 0.105 e. The molecule has 0 aromatic rings. The summed E-state index contributed by atoms with van der Waals surface area (Å²) in [6, 6.07) is 0. The molecule has 0 aromatic carbocycles. The zero-order valence-electron chi connectivity index (χ0n) is 17.8. The van der Waals surface area contributed by atoms with Gasteiger partial charge >= 0.3 is 0 Å². The van der Waals surface area contributed by atoms with Crippen LogP contribution in [0.4, 0.5) is 0 Å². The average Bonchev–Trinajstić information content (AvgIpc) is 2.68. The van der Waals surface area contributed by atoms with E-state index in [4.69, 9.17) is 24.2 Å². The average molecular weight is 393 g/mol. The predicted molar refractivity (Wildman–Crippen MR) is 108 cm³/mol. The van der Waals surface area contributed by atoms with Crippen LogP contribution in [0.1, 0.15) is 78.1 Å². The molecule has 0 fully saturated rings. The number of unbranched alkanes of at least 4 members (excludes halogenated alkanes) is 6. The van der Waals surface area contributed by atoms with Crippen LogP contribution in [0.3, 0.4) is 0 Å². The zero-order valence-corrected chi connectivity index (χ0v) is 17.8. The summed E-state index contributed by atoms with van der Waals surface area (Å²) in [5.41, 5.74) is 0. The molecule has 1 atom stereocenters. The maximum absolute atomic E-state index is 8.13. The molecule has 0 spiro atoms. The second-order valence-electron chi connectivity index (χ2n) is 6.86. The first-order valence-corrected chi connectivity index (χ1v) is 11.0. The maximum atomic E-state index is 8.13. The molecule has 0 heterocycles. The summed E-state index contributed by atoms with van der Waals surface area (Å²) >= 11 is 0. The standard InChI is InChI=1S/C21H44O6/c1-3-5-7-8-10-12-21(11-9-6-4-2)26-19-17-24-15-13-23-14-16-25-18-20-27-22/h21-22H,3-20H2,1-2H3. The van der Waals surface area contributed by atoms with E-state index >= 15 is 0 Å². The largest absolute Gasteiger partial charge is 0.377 e. The van der Waals surface area contributed by atoms with E-state index in [0.717, 1.165) is 0 Å². The number of ether oxygens (including phenoxy) is 4. The van der Waals surface area contributed by atoms with Gasteiger partial charge in [0.2, 0.25) is 0 Å². The van der Waals surface area contributed by atoms with Crippen molar-refractivity contribution >= 4 is 0 Å². The van der Waals surface area contributed by atoms with Crippen molar-refractivity contribution in [3.05, 3.63) is 0 Å². The van der Waals surface area contributed by atoms with Gasteiger partial charge in [0.1, 0.15) is 6.61 Å². The quantitative estimate of drug-likeness (QED) is 0.152. The molecule has 0 radical (unpaired) electrons. The molecule has 6 heteroatoms. The number of hydrogen-bond donors (Lipinski definition) is 1. The molecular formula is C21H44O6. The van der Waals surface area contributed by atoms with Crippen LogP contribution in [0.2, 0.25) is 0 Å². The summed E-state index contributed by atoms with van der Waals surface area (Å²) in [5, 5.41) is 8.13. The lowest BCUT2D eigenvalue weighted by Crippen LogP contribution is -2.18. The summed E-state index contributed by atoms with van der Waals surface area (Å²) in [4.78, 5) is 3.91. The van der Waals surface area contributed by atoms with Crippen LogP contribution >= 0.6 is 0 Å². The smallest absolute Gasteiger partial charge is 0.105 e. The van der Waals surface area contributed by atoms with Gasteiger partial charge in [-0.3, -0.25) is 5.26 Å². The Balaban J connectivity index is 3.52. The first-order chi connectivity index (χ1) is 13.3. The van der Waals surface area contributed by atoms with E-state index < -0.39 is 0 Å². The van der Waals surface area contributed by atoms with Crippen molar-refractivity contribution in [1.82, 2.24) is 0 Å². The third-order valence-corrected chi connectivity index (χ3v) is 4.40. The van der Waals surface area contributed by atoms with Crippen molar-refractivity contribution < 1.29 is 29.1 Å². The Morgan fingerprint density at radius 2 is 1.00 bits per heavy atom. The minimum Gasteiger partial charge on any atom is -0.377 e. The third kappa shape index (κ3) is 21.9. The van der Waals surface area contributed by atoms with Crippen LogP contribution in [0.25, 0.3) is 0 Å². The Hall–Kier alpha value is -0.240. The summed E-state index contributed by atoms with van der Waals surface area (Å²) in [5.74, 6) is 0. The number of rotatable bonds is 23. The topological polar surface area (TPSA) is 66.4 Å². The lowest BCUT2D eigenvalue weighted by atomic mass is 10.0. The van der Waals surface area contributed by atoms with Crippen LogP contribution in [-0.2, 0) is 23.8 Å². The van der Waals surface area contributed by atoms with Crippen LogP contribution in [0.15, 0.2) is 0 Å². The monoisotopic (exact) mass is 392 g/mol. The second kappa shape index (κ2) is 23.8. The van der Waals surface area contributed by atoms with Gasteiger partial charge in [-0.15, -0.1) is 0 Å². The van der Waals surface area contributed by atoms with Crippen molar-refractivity contribution in [2.24, 2.45) is 0 Å². The Morgan fingerprint density at radius 1 is 0.556 bits per heavy atom. The molecule has 0 aromatic heterocycles. The van der Waals surface area contributed by atoms with Crippen molar-refractivity contribution in [2.75, 3.05) is 52.9 Å². The van der Waals surface area contributed by atoms with Gasteiger partial charge in [-0.1, -0.05) is 65.2 Å². The summed E-state index contributed by atoms with van der Waals surface area (Å²) in [6.45, 7) is 8.46. The molecule has 0 aliphatic heterocycles. The van der Waals surface area contributed by atoms with Gasteiger partial charge in [0.15, 0.2) is 0 Å².